The third kappa shape index (κ3) is 3.31. The Morgan fingerprint density at radius 2 is 2.38 bits per heavy atom. The van der Waals surface area contributed by atoms with E-state index in [2.05, 4.69) is 32.3 Å². The van der Waals surface area contributed by atoms with Crippen molar-refractivity contribution < 1.29 is 4.79 Å². The number of carbonyl (C=O) groups is 1. The van der Waals surface area contributed by atoms with Crippen molar-refractivity contribution in [2.75, 3.05) is 6.54 Å². The number of nitriles is 1. The molecule has 1 rings (SSSR count). The minimum Gasteiger partial charge on any atom is -0.349 e. The average molecular weight is 282 g/mol. The number of aromatic nitrogens is 1. The molecule has 5 heteroatoms. The van der Waals surface area contributed by atoms with Gasteiger partial charge >= 0.3 is 0 Å². The Balaban J connectivity index is 2.68. The lowest BCUT2D eigenvalue weighted by molar-refractivity contribution is 0.0938. The molecule has 0 spiro atoms. The number of carbonyl (C=O) groups excluding carboxylic acids is 1. The number of halogens is 1. The van der Waals surface area contributed by atoms with Gasteiger partial charge in [-0.05, 0) is 41.9 Å². The average Bonchev–Trinajstić information content (AvgIpc) is 2.27. The molecule has 0 aliphatic rings. The number of nitrogens with one attached hydrogen (secondary N) is 1. The molecular weight excluding hydrogens is 270 g/mol. The number of pyridine rings is 1. The van der Waals surface area contributed by atoms with Crippen molar-refractivity contribution in [3.8, 4) is 6.07 Å². The largest absolute Gasteiger partial charge is 0.349 e. The molecule has 0 fully saturated rings. The summed E-state index contributed by atoms with van der Waals surface area (Å²) in [5.41, 5.74) is -0.243. The van der Waals surface area contributed by atoms with E-state index in [4.69, 9.17) is 5.26 Å². The summed E-state index contributed by atoms with van der Waals surface area (Å²) >= 11 is 3.25. The molecule has 1 heterocycles. The molecule has 1 aromatic rings. The Morgan fingerprint density at radius 3 is 2.94 bits per heavy atom. The highest BCUT2D eigenvalue weighted by Gasteiger charge is 2.19. The summed E-state index contributed by atoms with van der Waals surface area (Å²) in [4.78, 5) is 15.7. The standard InChI is InChI=1S/C11H12BrN3O/c1-11(2,6-13)7-15-10(16)9-8(12)4-3-5-14-9/h3-5H,7H2,1-2H3,(H,15,16). The fraction of sp³-hybridized carbons (Fsp3) is 0.364. The Kier molecular flexibility index (Phi) is 4.02. The predicted molar refractivity (Wildman–Crippen MR) is 63.7 cm³/mol. The zero-order chi connectivity index (χ0) is 12.2. The van der Waals surface area contributed by atoms with Crippen LogP contribution in [0.1, 0.15) is 24.3 Å². The highest BCUT2D eigenvalue weighted by Crippen LogP contribution is 2.14. The van der Waals surface area contributed by atoms with Crippen LogP contribution in [-0.2, 0) is 0 Å². The first-order valence-electron chi connectivity index (χ1n) is 4.76. The first kappa shape index (κ1) is 12.7. The van der Waals surface area contributed by atoms with Gasteiger partial charge in [-0.15, -0.1) is 0 Å². The lowest BCUT2D eigenvalue weighted by Gasteiger charge is -2.15. The molecule has 1 N–H and O–H groups in total. The second-order valence-corrected chi connectivity index (χ2v) is 4.87. The fourth-order valence-electron chi connectivity index (χ4n) is 0.977. The quantitative estimate of drug-likeness (QED) is 0.923. The van der Waals surface area contributed by atoms with Gasteiger partial charge in [-0.3, -0.25) is 4.79 Å². The molecule has 16 heavy (non-hydrogen) atoms. The molecule has 84 valence electrons. The normalized spacial score (nSPS) is 10.6. The molecule has 0 atom stereocenters. The van der Waals surface area contributed by atoms with Gasteiger partial charge in [0.15, 0.2) is 0 Å². The van der Waals surface area contributed by atoms with Crippen LogP contribution in [-0.4, -0.2) is 17.4 Å². The van der Waals surface area contributed by atoms with E-state index in [1.165, 1.54) is 0 Å². The van der Waals surface area contributed by atoms with Crippen molar-refractivity contribution in [2.45, 2.75) is 13.8 Å². The summed E-state index contributed by atoms with van der Waals surface area (Å²) in [6, 6.07) is 5.60. The van der Waals surface area contributed by atoms with E-state index in [0.717, 1.165) is 0 Å². The van der Waals surface area contributed by atoms with Gasteiger partial charge in [0, 0.05) is 17.2 Å². The van der Waals surface area contributed by atoms with E-state index in [0.29, 0.717) is 16.7 Å². The molecule has 0 bridgehead atoms. The lowest BCUT2D eigenvalue weighted by Crippen LogP contribution is -2.33. The molecule has 0 saturated heterocycles. The predicted octanol–water partition coefficient (Wildman–Crippen LogP) is 2.12. The molecular formula is C11H12BrN3O. The minimum atomic E-state index is -0.573. The zero-order valence-electron chi connectivity index (χ0n) is 9.12. The van der Waals surface area contributed by atoms with E-state index in [9.17, 15) is 4.79 Å². The van der Waals surface area contributed by atoms with E-state index in [1.807, 2.05) is 0 Å². The van der Waals surface area contributed by atoms with E-state index in [-0.39, 0.29) is 5.91 Å². The highest BCUT2D eigenvalue weighted by atomic mass is 79.9. The van der Waals surface area contributed by atoms with Gasteiger partial charge in [0.2, 0.25) is 0 Å². The topological polar surface area (TPSA) is 65.8 Å². The maximum Gasteiger partial charge on any atom is 0.271 e. The van der Waals surface area contributed by atoms with Crippen LogP contribution in [0.3, 0.4) is 0 Å². The number of hydrogen-bond acceptors (Lipinski definition) is 3. The van der Waals surface area contributed by atoms with Crippen LogP contribution in [0.15, 0.2) is 22.8 Å². The van der Waals surface area contributed by atoms with Crippen LogP contribution in [0.4, 0.5) is 0 Å². The Hall–Kier alpha value is -1.41. The summed E-state index contributed by atoms with van der Waals surface area (Å²) in [6.45, 7) is 3.83. The van der Waals surface area contributed by atoms with Crippen LogP contribution in [0.25, 0.3) is 0 Å². The fourth-order valence-corrected chi connectivity index (χ4v) is 1.41. The third-order valence-electron chi connectivity index (χ3n) is 1.97. The Morgan fingerprint density at radius 1 is 1.69 bits per heavy atom. The van der Waals surface area contributed by atoms with Crippen molar-refractivity contribution in [2.24, 2.45) is 5.41 Å². The molecule has 4 nitrogen and oxygen atoms in total. The summed E-state index contributed by atoms with van der Waals surface area (Å²) in [5, 5.41) is 11.5. The van der Waals surface area contributed by atoms with Gasteiger partial charge in [-0.2, -0.15) is 5.26 Å². The van der Waals surface area contributed by atoms with Crippen LogP contribution < -0.4 is 5.32 Å². The summed E-state index contributed by atoms with van der Waals surface area (Å²) in [5.74, 6) is -0.282. The Bertz CT molecular complexity index is 437. The molecule has 0 unspecified atom stereocenters. The van der Waals surface area contributed by atoms with Gasteiger partial charge < -0.3 is 5.32 Å². The van der Waals surface area contributed by atoms with E-state index >= 15 is 0 Å². The highest BCUT2D eigenvalue weighted by molar-refractivity contribution is 9.10. The first-order valence-corrected chi connectivity index (χ1v) is 5.55. The van der Waals surface area contributed by atoms with Crippen molar-refractivity contribution in [3.63, 3.8) is 0 Å². The summed E-state index contributed by atoms with van der Waals surface area (Å²) < 4.78 is 0.641. The number of amides is 1. The number of nitrogens with zero attached hydrogens (tertiary/aromatic N) is 2. The van der Waals surface area contributed by atoms with Crippen LogP contribution in [0, 0.1) is 16.7 Å². The van der Waals surface area contributed by atoms with Crippen LogP contribution in [0.2, 0.25) is 0 Å². The molecule has 0 aliphatic heterocycles. The van der Waals surface area contributed by atoms with Crippen molar-refractivity contribution in [1.82, 2.24) is 10.3 Å². The molecule has 0 radical (unpaired) electrons. The van der Waals surface area contributed by atoms with Crippen molar-refractivity contribution >= 4 is 21.8 Å². The SMILES string of the molecule is CC(C)(C#N)CNC(=O)c1ncccc1Br. The van der Waals surface area contributed by atoms with Crippen LogP contribution in [0.5, 0.6) is 0 Å². The maximum atomic E-state index is 11.7. The second-order valence-electron chi connectivity index (χ2n) is 4.01. The first-order chi connectivity index (χ1) is 7.46. The van der Waals surface area contributed by atoms with Crippen molar-refractivity contribution in [1.29, 1.82) is 5.26 Å². The molecule has 1 aromatic heterocycles. The summed E-state index contributed by atoms with van der Waals surface area (Å²) in [7, 11) is 0. The monoisotopic (exact) mass is 281 g/mol. The van der Waals surface area contributed by atoms with Gasteiger partial charge in [-0.25, -0.2) is 4.98 Å². The number of rotatable bonds is 3. The van der Waals surface area contributed by atoms with E-state index in [1.54, 1.807) is 32.2 Å². The van der Waals surface area contributed by atoms with Gasteiger partial charge in [0.25, 0.3) is 5.91 Å². The maximum absolute atomic E-state index is 11.7. The van der Waals surface area contributed by atoms with E-state index < -0.39 is 5.41 Å². The smallest absolute Gasteiger partial charge is 0.271 e. The van der Waals surface area contributed by atoms with Gasteiger partial charge in [-0.1, -0.05) is 0 Å². The molecule has 1 amide bonds. The molecule has 0 saturated carbocycles. The Labute approximate surface area is 103 Å². The lowest BCUT2D eigenvalue weighted by atomic mass is 9.96. The van der Waals surface area contributed by atoms with Crippen molar-refractivity contribution in [3.05, 3.63) is 28.5 Å². The minimum absolute atomic E-state index is 0.282. The van der Waals surface area contributed by atoms with Crippen LogP contribution >= 0.6 is 15.9 Å². The second kappa shape index (κ2) is 5.08. The molecule has 0 aromatic carbocycles. The summed E-state index contributed by atoms with van der Waals surface area (Å²) in [6.07, 6.45) is 1.55. The number of hydrogen-bond donors (Lipinski definition) is 1. The molecule has 0 aliphatic carbocycles. The third-order valence-corrected chi connectivity index (χ3v) is 2.61. The zero-order valence-corrected chi connectivity index (χ0v) is 10.7. The van der Waals surface area contributed by atoms with Gasteiger partial charge in [0.05, 0.1) is 11.5 Å². The van der Waals surface area contributed by atoms with Gasteiger partial charge in [0.1, 0.15) is 5.69 Å².